The maximum absolute atomic E-state index is 5.33. The number of benzene rings is 1. The van der Waals surface area contributed by atoms with E-state index >= 15 is 0 Å². The third kappa shape index (κ3) is 1.34. The molecule has 1 N–H and O–H groups in total. The average molecular weight is 191 g/mol. The van der Waals surface area contributed by atoms with E-state index in [1.165, 1.54) is 5.56 Å². The predicted octanol–water partition coefficient (Wildman–Crippen LogP) is 1.18. The van der Waals surface area contributed by atoms with Crippen LogP contribution in [0.1, 0.15) is 5.56 Å². The summed E-state index contributed by atoms with van der Waals surface area (Å²) < 4.78 is 10.6. The molecule has 0 aromatic heterocycles. The maximum atomic E-state index is 5.33. The normalized spacial score (nSPS) is 19.4. The Bertz CT molecular complexity index is 347. The highest BCUT2D eigenvalue weighted by Crippen LogP contribution is 2.33. The Hall–Kier alpha value is -1.22. The summed E-state index contributed by atoms with van der Waals surface area (Å²) >= 11 is 0. The molecule has 2 aliphatic rings. The first-order valence-corrected chi connectivity index (χ1v) is 5.01. The van der Waals surface area contributed by atoms with Crippen molar-refractivity contribution in [3.05, 3.63) is 23.8 Å². The number of hydrogen-bond donors (Lipinski definition) is 1. The van der Waals surface area contributed by atoms with E-state index in [4.69, 9.17) is 9.47 Å². The van der Waals surface area contributed by atoms with E-state index in [0.29, 0.717) is 6.79 Å². The Morgan fingerprint density at radius 3 is 2.86 bits per heavy atom. The molecule has 0 bridgehead atoms. The zero-order chi connectivity index (χ0) is 9.38. The Labute approximate surface area is 83.0 Å². The molecule has 1 saturated heterocycles. The summed E-state index contributed by atoms with van der Waals surface area (Å²) in [5.74, 6) is 2.57. The zero-order valence-electron chi connectivity index (χ0n) is 7.95. The molecule has 1 aromatic rings. The third-order valence-electron chi connectivity index (χ3n) is 2.83. The summed E-state index contributed by atoms with van der Waals surface area (Å²) in [7, 11) is 0. The topological polar surface area (TPSA) is 30.5 Å². The van der Waals surface area contributed by atoms with E-state index in [1.807, 2.05) is 6.07 Å². The Morgan fingerprint density at radius 1 is 1.21 bits per heavy atom. The van der Waals surface area contributed by atoms with Gasteiger partial charge in [-0.25, -0.2) is 0 Å². The molecule has 74 valence electrons. The minimum Gasteiger partial charge on any atom is -0.454 e. The number of rotatable bonds is 2. The third-order valence-corrected chi connectivity index (χ3v) is 2.83. The Morgan fingerprint density at radius 2 is 2.07 bits per heavy atom. The van der Waals surface area contributed by atoms with Crippen molar-refractivity contribution in [1.29, 1.82) is 0 Å². The van der Waals surface area contributed by atoms with Crippen LogP contribution in [0.3, 0.4) is 0 Å². The van der Waals surface area contributed by atoms with Gasteiger partial charge in [-0.1, -0.05) is 6.07 Å². The first kappa shape index (κ1) is 8.12. The van der Waals surface area contributed by atoms with Crippen LogP contribution in [-0.2, 0) is 6.42 Å². The van der Waals surface area contributed by atoms with Crippen LogP contribution in [0.4, 0.5) is 0 Å². The van der Waals surface area contributed by atoms with Crippen molar-refractivity contribution in [2.24, 2.45) is 5.92 Å². The fourth-order valence-corrected chi connectivity index (χ4v) is 1.89. The lowest BCUT2D eigenvalue weighted by molar-refractivity contribution is 0.174. The van der Waals surface area contributed by atoms with Gasteiger partial charge in [0.05, 0.1) is 0 Å². The van der Waals surface area contributed by atoms with Gasteiger partial charge in [0.2, 0.25) is 6.79 Å². The Balaban J connectivity index is 1.78. The molecule has 2 heterocycles. The van der Waals surface area contributed by atoms with Crippen molar-refractivity contribution < 1.29 is 9.47 Å². The summed E-state index contributed by atoms with van der Waals surface area (Å²) in [6.45, 7) is 2.66. The van der Waals surface area contributed by atoms with Gasteiger partial charge < -0.3 is 14.8 Å². The molecule has 1 fully saturated rings. The van der Waals surface area contributed by atoms with E-state index in [2.05, 4.69) is 17.4 Å². The molecule has 14 heavy (non-hydrogen) atoms. The van der Waals surface area contributed by atoms with Crippen molar-refractivity contribution >= 4 is 0 Å². The molecule has 0 spiro atoms. The molecular formula is C11H13NO2. The number of ether oxygens (including phenoxy) is 2. The second-order valence-corrected chi connectivity index (χ2v) is 3.92. The molecule has 2 aliphatic heterocycles. The number of fused-ring (bicyclic) bond motifs is 1. The number of nitrogens with one attached hydrogen (secondary N) is 1. The fourth-order valence-electron chi connectivity index (χ4n) is 1.89. The van der Waals surface area contributed by atoms with Gasteiger partial charge in [0, 0.05) is 0 Å². The SMILES string of the molecule is c1cc2c(cc1CC1CNC1)OCO2. The molecular weight excluding hydrogens is 178 g/mol. The average Bonchev–Trinajstić information content (AvgIpc) is 2.58. The van der Waals surface area contributed by atoms with Crippen LogP contribution in [0.15, 0.2) is 18.2 Å². The molecule has 3 rings (SSSR count). The van der Waals surface area contributed by atoms with Crippen molar-refractivity contribution in [2.75, 3.05) is 19.9 Å². The highest BCUT2D eigenvalue weighted by molar-refractivity contribution is 5.44. The summed E-state index contributed by atoms with van der Waals surface area (Å²) in [5, 5.41) is 3.28. The van der Waals surface area contributed by atoms with Crippen LogP contribution in [0.5, 0.6) is 11.5 Å². The molecule has 3 nitrogen and oxygen atoms in total. The summed E-state index contributed by atoms with van der Waals surface area (Å²) in [4.78, 5) is 0. The van der Waals surface area contributed by atoms with Gasteiger partial charge in [-0.05, 0) is 43.1 Å². The molecule has 0 atom stereocenters. The minimum absolute atomic E-state index is 0.365. The van der Waals surface area contributed by atoms with Gasteiger partial charge in [0.15, 0.2) is 11.5 Å². The van der Waals surface area contributed by atoms with Crippen LogP contribution in [0.2, 0.25) is 0 Å². The van der Waals surface area contributed by atoms with Gasteiger partial charge in [0.1, 0.15) is 0 Å². The van der Waals surface area contributed by atoms with Crippen LogP contribution in [0.25, 0.3) is 0 Å². The lowest BCUT2D eigenvalue weighted by Crippen LogP contribution is -2.43. The smallest absolute Gasteiger partial charge is 0.231 e. The molecule has 3 heteroatoms. The first-order valence-electron chi connectivity index (χ1n) is 5.01. The quantitative estimate of drug-likeness (QED) is 0.761. The van der Waals surface area contributed by atoms with Gasteiger partial charge in [-0.3, -0.25) is 0 Å². The molecule has 0 aliphatic carbocycles. The molecule has 0 unspecified atom stereocenters. The van der Waals surface area contributed by atoms with Crippen LogP contribution in [0, 0.1) is 5.92 Å². The maximum Gasteiger partial charge on any atom is 0.231 e. The van der Waals surface area contributed by atoms with Crippen LogP contribution >= 0.6 is 0 Å². The first-order chi connectivity index (χ1) is 6.92. The number of hydrogen-bond acceptors (Lipinski definition) is 3. The zero-order valence-corrected chi connectivity index (χ0v) is 7.95. The minimum atomic E-state index is 0.365. The lowest BCUT2D eigenvalue weighted by atomic mass is 9.94. The van der Waals surface area contributed by atoms with Crippen molar-refractivity contribution in [1.82, 2.24) is 5.32 Å². The lowest BCUT2D eigenvalue weighted by Gasteiger charge is -2.27. The molecule has 0 saturated carbocycles. The second kappa shape index (κ2) is 3.17. The van der Waals surface area contributed by atoms with E-state index in [0.717, 1.165) is 36.9 Å². The highest BCUT2D eigenvalue weighted by Gasteiger charge is 2.19. The van der Waals surface area contributed by atoms with Crippen LogP contribution < -0.4 is 14.8 Å². The summed E-state index contributed by atoms with van der Waals surface area (Å²) in [5.41, 5.74) is 1.35. The highest BCUT2D eigenvalue weighted by atomic mass is 16.7. The molecule has 1 aromatic carbocycles. The van der Waals surface area contributed by atoms with Crippen molar-refractivity contribution in [3.8, 4) is 11.5 Å². The standard InChI is InChI=1S/C11H13NO2/c1-2-10-11(14-7-13-10)4-8(1)3-9-5-12-6-9/h1-2,4,9,12H,3,5-7H2. The largest absolute Gasteiger partial charge is 0.454 e. The van der Waals surface area contributed by atoms with Crippen molar-refractivity contribution in [2.45, 2.75) is 6.42 Å². The van der Waals surface area contributed by atoms with E-state index in [9.17, 15) is 0 Å². The monoisotopic (exact) mass is 191 g/mol. The Kier molecular flexibility index (Phi) is 1.84. The summed E-state index contributed by atoms with van der Waals surface area (Å²) in [6, 6.07) is 6.23. The summed E-state index contributed by atoms with van der Waals surface area (Å²) in [6.07, 6.45) is 1.14. The molecule has 0 amide bonds. The second-order valence-electron chi connectivity index (χ2n) is 3.92. The van der Waals surface area contributed by atoms with E-state index < -0.39 is 0 Å². The van der Waals surface area contributed by atoms with E-state index in [1.54, 1.807) is 0 Å². The van der Waals surface area contributed by atoms with Gasteiger partial charge >= 0.3 is 0 Å². The van der Waals surface area contributed by atoms with Crippen LogP contribution in [-0.4, -0.2) is 19.9 Å². The predicted molar refractivity (Wildman–Crippen MR) is 52.6 cm³/mol. The van der Waals surface area contributed by atoms with Crippen molar-refractivity contribution in [3.63, 3.8) is 0 Å². The van der Waals surface area contributed by atoms with Gasteiger partial charge in [-0.2, -0.15) is 0 Å². The fraction of sp³-hybridized carbons (Fsp3) is 0.455. The van der Waals surface area contributed by atoms with E-state index in [-0.39, 0.29) is 0 Å². The van der Waals surface area contributed by atoms with Gasteiger partial charge in [0.25, 0.3) is 0 Å². The van der Waals surface area contributed by atoms with Gasteiger partial charge in [-0.15, -0.1) is 0 Å². The molecule has 0 radical (unpaired) electrons.